The second kappa shape index (κ2) is 5.92. The molecule has 1 heterocycles. The van der Waals surface area contributed by atoms with Crippen molar-refractivity contribution in [2.75, 3.05) is 5.73 Å². The minimum absolute atomic E-state index is 0.156. The summed E-state index contributed by atoms with van der Waals surface area (Å²) in [6.07, 6.45) is 0. The van der Waals surface area contributed by atoms with Crippen LogP contribution < -0.4 is 10.5 Å². The molecule has 19 heavy (non-hydrogen) atoms. The molecule has 0 amide bonds. The predicted octanol–water partition coefficient (Wildman–Crippen LogP) is 3.33. The van der Waals surface area contributed by atoms with E-state index in [4.69, 9.17) is 5.73 Å². The standard InChI is InChI=1S/C11H10Br2N2O2S2/c12-9-3-2-8(5-10(9)14)19(16,17)15-6-7-1-4-11(13)18-7/h1-5,15H,6,14H2. The number of anilines is 1. The molecule has 0 unspecified atom stereocenters. The van der Waals surface area contributed by atoms with Gasteiger partial charge in [0.2, 0.25) is 10.0 Å². The number of hydrogen-bond donors (Lipinski definition) is 2. The molecule has 0 saturated heterocycles. The molecule has 2 rings (SSSR count). The molecule has 0 aliphatic carbocycles. The van der Waals surface area contributed by atoms with Crippen molar-refractivity contribution in [3.05, 3.63) is 43.5 Å². The van der Waals surface area contributed by atoms with Crippen LogP contribution in [0.25, 0.3) is 0 Å². The van der Waals surface area contributed by atoms with Crippen LogP contribution in [-0.2, 0) is 16.6 Å². The molecule has 8 heteroatoms. The second-order valence-electron chi connectivity index (χ2n) is 3.71. The first-order valence-electron chi connectivity index (χ1n) is 5.17. The highest BCUT2D eigenvalue weighted by molar-refractivity contribution is 9.11. The van der Waals surface area contributed by atoms with Gasteiger partial charge in [0.1, 0.15) is 0 Å². The van der Waals surface area contributed by atoms with E-state index in [1.807, 2.05) is 12.1 Å². The van der Waals surface area contributed by atoms with Crippen molar-refractivity contribution in [3.8, 4) is 0 Å². The number of halogens is 2. The lowest BCUT2D eigenvalue weighted by atomic mass is 10.3. The van der Waals surface area contributed by atoms with Gasteiger partial charge in [0.25, 0.3) is 0 Å². The molecule has 0 fully saturated rings. The van der Waals surface area contributed by atoms with Crippen molar-refractivity contribution in [3.63, 3.8) is 0 Å². The Morgan fingerprint density at radius 3 is 2.53 bits per heavy atom. The Morgan fingerprint density at radius 2 is 1.95 bits per heavy atom. The van der Waals surface area contributed by atoms with Crippen molar-refractivity contribution in [2.24, 2.45) is 0 Å². The van der Waals surface area contributed by atoms with E-state index in [9.17, 15) is 8.42 Å². The van der Waals surface area contributed by atoms with E-state index in [1.165, 1.54) is 23.5 Å². The van der Waals surface area contributed by atoms with Crippen molar-refractivity contribution < 1.29 is 8.42 Å². The lowest BCUT2D eigenvalue weighted by Crippen LogP contribution is -2.22. The van der Waals surface area contributed by atoms with Crippen LogP contribution in [0.2, 0.25) is 0 Å². The Morgan fingerprint density at radius 1 is 1.21 bits per heavy atom. The Kier molecular flexibility index (Phi) is 4.67. The van der Waals surface area contributed by atoms with Crippen LogP contribution in [0, 0.1) is 0 Å². The Labute approximate surface area is 132 Å². The Balaban J connectivity index is 2.16. The molecule has 1 aromatic carbocycles. The van der Waals surface area contributed by atoms with E-state index in [1.54, 1.807) is 6.07 Å². The molecule has 0 aliphatic rings. The number of nitrogen functional groups attached to an aromatic ring is 1. The van der Waals surface area contributed by atoms with Crippen LogP contribution in [0.15, 0.2) is 43.5 Å². The van der Waals surface area contributed by atoms with Gasteiger partial charge in [-0.3, -0.25) is 0 Å². The lowest BCUT2D eigenvalue weighted by Gasteiger charge is -2.07. The Bertz CT molecular complexity index is 698. The summed E-state index contributed by atoms with van der Waals surface area (Å²) in [6.45, 7) is 0.259. The zero-order valence-corrected chi connectivity index (χ0v) is 14.4. The molecular formula is C11H10Br2N2O2S2. The van der Waals surface area contributed by atoms with Gasteiger partial charge < -0.3 is 5.73 Å². The van der Waals surface area contributed by atoms with Crippen molar-refractivity contribution >= 4 is 58.9 Å². The number of thiophene rings is 1. The SMILES string of the molecule is Nc1cc(S(=O)(=O)NCc2ccc(Br)s2)ccc1Br. The number of nitrogens with two attached hydrogens (primary N) is 1. The van der Waals surface area contributed by atoms with Crippen LogP contribution in [0.4, 0.5) is 5.69 Å². The normalized spacial score (nSPS) is 11.7. The van der Waals surface area contributed by atoms with E-state index in [2.05, 4.69) is 36.6 Å². The van der Waals surface area contributed by atoms with Gasteiger partial charge in [-0.25, -0.2) is 13.1 Å². The van der Waals surface area contributed by atoms with Crippen molar-refractivity contribution in [1.82, 2.24) is 4.72 Å². The fourth-order valence-electron chi connectivity index (χ4n) is 1.39. The molecule has 0 aliphatic heterocycles. The highest BCUT2D eigenvalue weighted by atomic mass is 79.9. The van der Waals surface area contributed by atoms with E-state index in [0.29, 0.717) is 10.2 Å². The summed E-state index contributed by atoms with van der Waals surface area (Å²) in [6, 6.07) is 8.30. The summed E-state index contributed by atoms with van der Waals surface area (Å²) in [7, 11) is -3.55. The smallest absolute Gasteiger partial charge is 0.240 e. The van der Waals surface area contributed by atoms with Gasteiger partial charge in [0.15, 0.2) is 0 Å². The lowest BCUT2D eigenvalue weighted by molar-refractivity contribution is 0.582. The molecule has 1 aromatic heterocycles. The third-order valence-corrected chi connectivity index (χ3v) is 6.09. The molecular weight excluding hydrogens is 416 g/mol. The van der Waals surface area contributed by atoms with Gasteiger partial charge in [0.05, 0.1) is 8.68 Å². The predicted molar refractivity (Wildman–Crippen MR) is 84.6 cm³/mol. The highest BCUT2D eigenvalue weighted by Crippen LogP contribution is 2.24. The summed E-state index contributed by atoms with van der Waals surface area (Å²) in [5.41, 5.74) is 6.08. The number of benzene rings is 1. The van der Waals surface area contributed by atoms with E-state index < -0.39 is 10.0 Å². The topological polar surface area (TPSA) is 72.2 Å². The number of rotatable bonds is 4. The van der Waals surface area contributed by atoms with Crippen LogP contribution in [-0.4, -0.2) is 8.42 Å². The zero-order valence-electron chi connectivity index (χ0n) is 9.56. The molecule has 3 N–H and O–H groups in total. The van der Waals surface area contributed by atoms with E-state index >= 15 is 0 Å². The summed E-state index contributed by atoms with van der Waals surface area (Å²) < 4.78 is 28.4. The van der Waals surface area contributed by atoms with Crippen molar-refractivity contribution in [1.29, 1.82) is 0 Å². The minimum atomic E-state index is -3.55. The summed E-state index contributed by atoms with van der Waals surface area (Å²) in [5, 5.41) is 0. The van der Waals surface area contributed by atoms with Gasteiger partial charge in [-0.15, -0.1) is 11.3 Å². The maximum atomic E-state index is 12.1. The zero-order chi connectivity index (χ0) is 14.0. The summed E-state index contributed by atoms with van der Waals surface area (Å²) in [4.78, 5) is 1.09. The fraction of sp³-hybridized carbons (Fsp3) is 0.0909. The summed E-state index contributed by atoms with van der Waals surface area (Å²) >= 11 is 8.05. The molecule has 102 valence electrons. The molecule has 4 nitrogen and oxygen atoms in total. The number of hydrogen-bond acceptors (Lipinski definition) is 4. The van der Waals surface area contributed by atoms with Gasteiger partial charge in [-0.1, -0.05) is 0 Å². The first-order chi connectivity index (χ1) is 8.88. The average molecular weight is 426 g/mol. The van der Waals surface area contributed by atoms with Crippen LogP contribution >= 0.6 is 43.2 Å². The van der Waals surface area contributed by atoms with E-state index in [-0.39, 0.29) is 11.4 Å². The van der Waals surface area contributed by atoms with Crippen LogP contribution in [0.1, 0.15) is 4.88 Å². The summed E-state index contributed by atoms with van der Waals surface area (Å²) in [5.74, 6) is 0. The monoisotopic (exact) mass is 424 g/mol. The quantitative estimate of drug-likeness (QED) is 0.737. The third-order valence-electron chi connectivity index (χ3n) is 2.34. The van der Waals surface area contributed by atoms with Gasteiger partial charge in [0, 0.05) is 21.6 Å². The van der Waals surface area contributed by atoms with E-state index in [0.717, 1.165) is 8.66 Å². The molecule has 0 bridgehead atoms. The maximum Gasteiger partial charge on any atom is 0.240 e. The maximum absolute atomic E-state index is 12.1. The number of sulfonamides is 1. The van der Waals surface area contributed by atoms with Gasteiger partial charge >= 0.3 is 0 Å². The first-order valence-corrected chi connectivity index (χ1v) is 9.06. The van der Waals surface area contributed by atoms with Gasteiger partial charge in [-0.2, -0.15) is 0 Å². The third kappa shape index (κ3) is 3.79. The largest absolute Gasteiger partial charge is 0.398 e. The van der Waals surface area contributed by atoms with Crippen LogP contribution in [0.5, 0.6) is 0 Å². The molecule has 0 saturated carbocycles. The molecule has 2 aromatic rings. The fourth-order valence-corrected chi connectivity index (χ4v) is 4.19. The molecule has 0 spiro atoms. The number of nitrogens with one attached hydrogen (secondary N) is 1. The molecule has 0 radical (unpaired) electrons. The highest BCUT2D eigenvalue weighted by Gasteiger charge is 2.15. The second-order valence-corrected chi connectivity index (χ2v) is 8.88. The van der Waals surface area contributed by atoms with Gasteiger partial charge in [-0.05, 0) is 62.2 Å². The molecule has 0 atom stereocenters. The first kappa shape index (κ1) is 15.0. The van der Waals surface area contributed by atoms with Crippen LogP contribution in [0.3, 0.4) is 0 Å². The van der Waals surface area contributed by atoms with Crippen molar-refractivity contribution in [2.45, 2.75) is 11.4 Å². The minimum Gasteiger partial charge on any atom is -0.398 e. The Hall–Kier alpha value is -0.410. The average Bonchev–Trinajstić information content (AvgIpc) is 2.76.